The summed E-state index contributed by atoms with van der Waals surface area (Å²) >= 11 is 0. The highest BCUT2D eigenvalue weighted by atomic mass is 19.3. The van der Waals surface area contributed by atoms with Gasteiger partial charge in [-0.3, -0.25) is 4.90 Å². The van der Waals surface area contributed by atoms with Gasteiger partial charge in [0.25, 0.3) is 6.08 Å². The number of benzene rings is 1. The van der Waals surface area contributed by atoms with E-state index in [0.717, 1.165) is 17.2 Å². The highest BCUT2D eigenvalue weighted by Crippen LogP contribution is 2.24. The first-order valence-corrected chi connectivity index (χ1v) is 4.68. The first-order chi connectivity index (χ1) is 7.56. The molecule has 1 heterocycles. The maximum atomic E-state index is 12.0. The van der Waals surface area contributed by atoms with Gasteiger partial charge < -0.3 is 5.11 Å². The van der Waals surface area contributed by atoms with Gasteiger partial charge in [0.1, 0.15) is 0 Å². The second kappa shape index (κ2) is 3.92. The summed E-state index contributed by atoms with van der Waals surface area (Å²) in [6.45, 7) is 0.590. The third kappa shape index (κ3) is 2.03. The Labute approximate surface area is 90.6 Å². The minimum absolute atomic E-state index is 0.264. The van der Waals surface area contributed by atoms with Crippen molar-refractivity contribution in [3.05, 3.63) is 41.0 Å². The Kier molecular flexibility index (Phi) is 2.60. The Bertz CT molecular complexity index is 467. The van der Waals surface area contributed by atoms with Crippen LogP contribution < -0.4 is 0 Å². The maximum Gasteiger partial charge on any atom is 0.407 e. The van der Waals surface area contributed by atoms with E-state index in [9.17, 15) is 13.6 Å². The molecule has 0 saturated heterocycles. The molecule has 0 unspecified atom stereocenters. The van der Waals surface area contributed by atoms with Crippen LogP contribution in [0.4, 0.5) is 13.6 Å². The van der Waals surface area contributed by atoms with E-state index in [-0.39, 0.29) is 6.54 Å². The van der Waals surface area contributed by atoms with E-state index in [1.165, 1.54) is 4.90 Å². The summed E-state index contributed by atoms with van der Waals surface area (Å²) in [5, 5.41) is 8.79. The van der Waals surface area contributed by atoms with Gasteiger partial charge in [0.15, 0.2) is 0 Å². The monoisotopic (exact) mass is 225 g/mol. The Hall–Kier alpha value is -1.91. The lowest BCUT2D eigenvalue weighted by molar-refractivity contribution is 0.145. The summed E-state index contributed by atoms with van der Waals surface area (Å²) < 4.78 is 24.1. The summed E-state index contributed by atoms with van der Waals surface area (Å²) in [5.74, 6) is 0. The molecule has 2 rings (SSSR count). The van der Waals surface area contributed by atoms with Crippen molar-refractivity contribution < 1.29 is 18.7 Å². The van der Waals surface area contributed by atoms with Crippen LogP contribution in [0.15, 0.2) is 24.3 Å². The minimum Gasteiger partial charge on any atom is -0.465 e. The maximum absolute atomic E-state index is 12.0. The first-order valence-electron chi connectivity index (χ1n) is 4.68. The predicted molar refractivity (Wildman–Crippen MR) is 53.9 cm³/mol. The van der Waals surface area contributed by atoms with Crippen LogP contribution in [0.25, 0.3) is 6.08 Å². The molecule has 0 aliphatic carbocycles. The number of fused-ring (bicyclic) bond motifs is 1. The zero-order valence-corrected chi connectivity index (χ0v) is 8.28. The molecule has 0 bridgehead atoms. The Balaban J connectivity index is 2.27. The molecule has 0 aromatic heterocycles. The molecule has 1 amide bonds. The highest BCUT2D eigenvalue weighted by molar-refractivity contribution is 5.66. The highest BCUT2D eigenvalue weighted by Gasteiger charge is 2.22. The molecule has 1 aliphatic heterocycles. The van der Waals surface area contributed by atoms with Gasteiger partial charge in [-0.15, -0.1) is 0 Å². The number of amides is 1. The van der Waals surface area contributed by atoms with Crippen molar-refractivity contribution in [3.8, 4) is 0 Å². The van der Waals surface area contributed by atoms with Crippen LogP contribution in [0.5, 0.6) is 0 Å². The molecule has 3 nitrogen and oxygen atoms in total. The Morgan fingerprint density at radius 3 is 2.62 bits per heavy atom. The SMILES string of the molecule is O=C(O)N1Cc2ccc(C=C(F)F)cc2C1. The number of rotatable bonds is 1. The number of nitrogens with zero attached hydrogens (tertiary/aromatic N) is 1. The molecule has 0 spiro atoms. The van der Waals surface area contributed by atoms with Gasteiger partial charge in [0.05, 0.1) is 0 Å². The van der Waals surface area contributed by atoms with Crippen molar-refractivity contribution in [1.29, 1.82) is 0 Å². The van der Waals surface area contributed by atoms with Crippen LogP contribution in [-0.2, 0) is 13.1 Å². The van der Waals surface area contributed by atoms with Gasteiger partial charge in [-0.25, -0.2) is 4.79 Å². The van der Waals surface area contributed by atoms with Crippen molar-refractivity contribution >= 4 is 12.2 Å². The summed E-state index contributed by atoms with van der Waals surface area (Å²) in [6.07, 6.45) is -1.98. The summed E-state index contributed by atoms with van der Waals surface area (Å²) in [7, 11) is 0. The van der Waals surface area contributed by atoms with E-state index in [4.69, 9.17) is 5.11 Å². The van der Waals surface area contributed by atoms with Gasteiger partial charge in [-0.2, -0.15) is 8.78 Å². The second-order valence-electron chi connectivity index (χ2n) is 3.60. The molecule has 5 heteroatoms. The van der Waals surface area contributed by atoms with Gasteiger partial charge in [-0.1, -0.05) is 12.1 Å². The molecular weight excluding hydrogens is 216 g/mol. The van der Waals surface area contributed by atoms with Crippen LogP contribution in [0.1, 0.15) is 16.7 Å². The van der Waals surface area contributed by atoms with Crippen LogP contribution in [0, 0.1) is 0 Å². The fourth-order valence-electron chi connectivity index (χ4n) is 1.77. The zero-order valence-electron chi connectivity index (χ0n) is 8.28. The van der Waals surface area contributed by atoms with Crippen molar-refractivity contribution in [3.63, 3.8) is 0 Å². The van der Waals surface area contributed by atoms with Gasteiger partial charge in [0.2, 0.25) is 0 Å². The summed E-state index contributed by atoms with van der Waals surface area (Å²) in [4.78, 5) is 12.0. The quantitative estimate of drug-likeness (QED) is 0.798. The summed E-state index contributed by atoms with van der Waals surface area (Å²) in [5.41, 5.74) is 2.06. The Morgan fingerprint density at radius 2 is 2.00 bits per heavy atom. The smallest absolute Gasteiger partial charge is 0.407 e. The van der Waals surface area contributed by atoms with Gasteiger partial charge >= 0.3 is 6.09 Å². The number of hydrogen-bond acceptors (Lipinski definition) is 1. The van der Waals surface area contributed by atoms with E-state index in [1.807, 2.05) is 0 Å². The van der Waals surface area contributed by atoms with Crippen LogP contribution in [-0.4, -0.2) is 16.1 Å². The van der Waals surface area contributed by atoms with E-state index in [1.54, 1.807) is 18.2 Å². The minimum atomic E-state index is -1.76. The fraction of sp³-hybridized carbons (Fsp3) is 0.182. The standard InChI is InChI=1S/C11H9F2NO2/c12-10(13)4-7-1-2-8-5-14(11(15)16)6-9(8)3-7/h1-4H,5-6H2,(H,15,16). The third-order valence-corrected chi connectivity index (χ3v) is 2.50. The number of hydrogen-bond donors (Lipinski definition) is 1. The third-order valence-electron chi connectivity index (χ3n) is 2.50. The van der Waals surface area contributed by atoms with Crippen LogP contribution in [0.3, 0.4) is 0 Å². The number of carbonyl (C=O) groups is 1. The molecule has 1 aliphatic rings. The molecule has 1 N–H and O–H groups in total. The molecule has 1 aromatic rings. The first kappa shape index (κ1) is 10.6. The molecule has 16 heavy (non-hydrogen) atoms. The number of carboxylic acid groups (broad SMARTS) is 1. The Morgan fingerprint density at radius 1 is 1.31 bits per heavy atom. The van der Waals surface area contributed by atoms with E-state index >= 15 is 0 Å². The number of halogens is 2. The van der Waals surface area contributed by atoms with Crippen molar-refractivity contribution in [2.24, 2.45) is 0 Å². The van der Waals surface area contributed by atoms with Gasteiger partial charge in [-0.05, 0) is 22.8 Å². The molecule has 0 saturated carbocycles. The molecular formula is C11H9F2NO2. The molecule has 1 aromatic carbocycles. The molecule has 84 valence electrons. The van der Waals surface area contributed by atoms with Gasteiger partial charge in [0, 0.05) is 19.2 Å². The molecule has 0 radical (unpaired) electrons. The van der Waals surface area contributed by atoms with Crippen molar-refractivity contribution in [2.75, 3.05) is 0 Å². The fourth-order valence-corrected chi connectivity index (χ4v) is 1.77. The lowest BCUT2D eigenvalue weighted by Crippen LogP contribution is -2.22. The average molecular weight is 225 g/mol. The van der Waals surface area contributed by atoms with E-state index in [0.29, 0.717) is 12.1 Å². The normalized spacial score (nSPS) is 13.5. The predicted octanol–water partition coefficient (Wildman–Crippen LogP) is 2.92. The lowest BCUT2D eigenvalue weighted by atomic mass is 10.1. The lowest BCUT2D eigenvalue weighted by Gasteiger charge is -2.08. The average Bonchev–Trinajstić information content (AvgIpc) is 2.59. The van der Waals surface area contributed by atoms with Crippen molar-refractivity contribution in [2.45, 2.75) is 13.1 Å². The topological polar surface area (TPSA) is 40.5 Å². The van der Waals surface area contributed by atoms with E-state index < -0.39 is 12.2 Å². The van der Waals surface area contributed by atoms with E-state index in [2.05, 4.69) is 0 Å². The second-order valence-corrected chi connectivity index (χ2v) is 3.60. The van der Waals surface area contributed by atoms with Crippen LogP contribution >= 0.6 is 0 Å². The largest absolute Gasteiger partial charge is 0.465 e. The molecule has 0 atom stereocenters. The zero-order chi connectivity index (χ0) is 11.7. The molecule has 0 fully saturated rings. The summed E-state index contributed by atoms with van der Waals surface area (Å²) in [6, 6.07) is 4.84. The van der Waals surface area contributed by atoms with Crippen molar-refractivity contribution in [1.82, 2.24) is 4.90 Å². The van der Waals surface area contributed by atoms with Crippen LogP contribution in [0.2, 0.25) is 0 Å².